The van der Waals surface area contributed by atoms with Crippen LogP contribution in [0.3, 0.4) is 0 Å². The van der Waals surface area contributed by atoms with Crippen molar-refractivity contribution >= 4 is 34.0 Å². The second-order valence-electron chi connectivity index (χ2n) is 8.41. The quantitative estimate of drug-likeness (QED) is 0.585. The molecule has 1 aliphatic carbocycles. The van der Waals surface area contributed by atoms with Crippen LogP contribution in [0.2, 0.25) is 0 Å². The van der Waals surface area contributed by atoms with E-state index < -0.39 is 11.6 Å². The third-order valence-corrected chi connectivity index (χ3v) is 7.14. The van der Waals surface area contributed by atoms with Crippen molar-refractivity contribution in [3.8, 4) is 17.5 Å². The fourth-order valence-electron chi connectivity index (χ4n) is 4.03. The molecule has 0 radical (unpaired) electrons. The zero-order valence-electron chi connectivity index (χ0n) is 17.9. The predicted octanol–water partition coefficient (Wildman–Crippen LogP) is 2.54. The van der Waals surface area contributed by atoms with E-state index >= 15 is 0 Å². The van der Waals surface area contributed by atoms with Gasteiger partial charge in [0.05, 0.1) is 17.8 Å². The lowest BCUT2D eigenvalue weighted by molar-refractivity contribution is 0.0638. The number of thiazole rings is 1. The molecule has 0 spiro atoms. The van der Waals surface area contributed by atoms with Gasteiger partial charge in [-0.2, -0.15) is 10.4 Å². The van der Waals surface area contributed by atoms with Crippen LogP contribution in [-0.2, 0) is 0 Å². The number of anilines is 1. The number of nitrogens with one attached hydrogen (secondary N) is 1. The molecule has 0 unspecified atom stereocenters. The minimum atomic E-state index is -0.969. The van der Waals surface area contributed by atoms with E-state index in [4.69, 9.17) is 0 Å². The molecule has 11 nitrogen and oxygen atoms in total. The number of carboxylic acid groups (broad SMARTS) is 1. The summed E-state index contributed by atoms with van der Waals surface area (Å²) in [6.45, 7) is 0.878. The number of aromatic nitrogens is 4. The van der Waals surface area contributed by atoms with Crippen LogP contribution in [0.25, 0.3) is 16.2 Å². The molecule has 1 saturated heterocycles. The van der Waals surface area contributed by atoms with Gasteiger partial charge in [-0.1, -0.05) is 0 Å². The Morgan fingerprint density at radius 2 is 2.09 bits per heavy atom. The molecule has 170 valence electrons. The molecule has 33 heavy (non-hydrogen) atoms. The number of nitrogens with zero attached hydrogens (tertiary/aromatic N) is 7. The Labute approximate surface area is 193 Å². The number of hydrogen-bond acceptors (Lipinski definition) is 8. The fraction of sp³-hybridized carbons (Fsp3) is 0.429. The van der Waals surface area contributed by atoms with Gasteiger partial charge in [-0.25, -0.2) is 19.3 Å². The molecular weight excluding hydrogens is 444 g/mol. The van der Waals surface area contributed by atoms with Gasteiger partial charge < -0.3 is 20.2 Å². The molecule has 2 amide bonds. The van der Waals surface area contributed by atoms with Crippen molar-refractivity contribution in [3.05, 3.63) is 29.5 Å². The molecule has 5 rings (SSSR count). The number of amides is 2. The maximum absolute atomic E-state index is 13.3. The first-order valence-corrected chi connectivity index (χ1v) is 11.5. The maximum Gasteiger partial charge on any atom is 0.407 e. The van der Waals surface area contributed by atoms with Gasteiger partial charge in [0.1, 0.15) is 21.9 Å². The lowest BCUT2D eigenvalue weighted by Gasteiger charge is -2.35. The summed E-state index contributed by atoms with van der Waals surface area (Å²) in [6.07, 6.45) is 5.11. The first-order chi connectivity index (χ1) is 15.9. The first kappa shape index (κ1) is 21.1. The Hall–Kier alpha value is -3.72. The van der Waals surface area contributed by atoms with Crippen LogP contribution < -0.4 is 5.32 Å². The Morgan fingerprint density at radius 3 is 2.76 bits per heavy atom. The van der Waals surface area contributed by atoms with E-state index in [2.05, 4.69) is 26.5 Å². The van der Waals surface area contributed by atoms with Crippen molar-refractivity contribution in [1.82, 2.24) is 29.4 Å². The van der Waals surface area contributed by atoms with E-state index in [0.29, 0.717) is 43.1 Å². The summed E-state index contributed by atoms with van der Waals surface area (Å²) in [5, 5.41) is 28.1. The summed E-state index contributed by atoms with van der Waals surface area (Å²) in [7, 11) is 1.55. The highest BCUT2D eigenvalue weighted by Gasteiger charge is 2.44. The van der Waals surface area contributed by atoms with Crippen molar-refractivity contribution in [3.63, 3.8) is 0 Å². The predicted molar refractivity (Wildman–Crippen MR) is 120 cm³/mol. The number of fused-ring (bicyclic) bond motifs is 1. The molecule has 2 aliphatic rings. The van der Waals surface area contributed by atoms with Gasteiger partial charge in [-0.3, -0.25) is 4.79 Å². The van der Waals surface area contributed by atoms with Gasteiger partial charge in [-0.05, 0) is 25.7 Å². The van der Waals surface area contributed by atoms with Crippen molar-refractivity contribution in [1.29, 1.82) is 5.26 Å². The third kappa shape index (κ3) is 3.95. The van der Waals surface area contributed by atoms with Crippen LogP contribution >= 0.6 is 11.3 Å². The van der Waals surface area contributed by atoms with Gasteiger partial charge in [0.25, 0.3) is 5.91 Å². The largest absolute Gasteiger partial charge is 0.465 e. The summed E-state index contributed by atoms with van der Waals surface area (Å²) in [4.78, 5) is 37.6. The number of rotatable bonds is 5. The lowest BCUT2D eigenvalue weighted by Crippen LogP contribution is -2.47. The maximum atomic E-state index is 13.3. The van der Waals surface area contributed by atoms with E-state index in [1.165, 1.54) is 16.2 Å². The van der Waals surface area contributed by atoms with E-state index in [1.54, 1.807) is 28.7 Å². The second-order valence-corrected chi connectivity index (χ2v) is 9.30. The summed E-state index contributed by atoms with van der Waals surface area (Å²) in [6, 6.07) is 3.76. The lowest BCUT2D eigenvalue weighted by atomic mass is 10.0. The molecule has 12 heteroatoms. The number of carbonyl (C=O) groups is 2. The average Bonchev–Trinajstić information content (AvgIpc) is 3.24. The summed E-state index contributed by atoms with van der Waals surface area (Å²) < 4.78 is 1.73. The summed E-state index contributed by atoms with van der Waals surface area (Å²) in [5.41, 5.74) is 0.298. The highest BCUT2D eigenvalue weighted by atomic mass is 32.1. The monoisotopic (exact) mass is 466 g/mol. The minimum absolute atomic E-state index is 0.116. The topological polar surface area (TPSA) is 140 Å². The number of nitriles is 1. The Morgan fingerprint density at radius 1 is 1.33 bits per heavy atom. The molecule has 0 aromatic carbocycles. The van der Waals surface area contributed by atoms with Crippen molar-refractivity contribution in [2.24, 2.45) is 0 Å². The SMILES string of the molecule is CN(C(=O)O)C1CCN(C(=O)c2cc(NC3(C#N)CC3)nc(-c3cnn4ccsc34)n2)CC1. The first-order valence-electron chi connectivity index (χ1n) is 10.6. The van der Waals surface area contributed by atoms with Crippen LogP contribution in [0.1, 0.15) is 36.2 Å². The van der Waals surface area contributed by atoms with E-state index in [-0.39, 0.29) is 17.6 Å². The molecule has 3 aromatic rings. The van der Waals surface area contributed by atoms with E-state index in [1.807, 2.05) is 11.6 Å². The molecule has 2 N–H and O–H groups in total. The molecule has 1 saturated carbocycles. The zero-order valence-corrected chi connectivity index (χ0v) is 18.7. The van der Waals surface area contributed by atoms with Crippen molar-refractivity contribution < 1.29 is 14.7 Å². The average molecular weight is 467 g/mol. The highest BCUT2D eigenvalue weighted by Crippen LogP contribution is 2.38. The number of piperidine rings is 1. The molecular formula is C21H22N8O3S. The molecule has 0 bridgehead atoms. The van der Waals surface area contributed by atoms with Gasteiger partial charge >= 0.3 is 6.09 Å². The van der Waals surface area contributed by atoms with E-state index in [0.717, 1.165) is 17.7 Å². The van der Waals surface area contributed by atoms with Crippen LogP contribution in [0.4, 0.5) is 10.6 Å². The molecule has 0 atom stereocenters. The molecule has 2 fully saturated rings. The highest BCUT2D eigenvalue weighted by molar-refractivity contribution is 7.16. The van der Waals surface area contributed by atoms with Crippen LogP contribution in [0.15, 0.2) is 23.8 Å². The molecule has 1 aliphatic heterocycles. The van der Waals surface area contributed by atoms with E-state index in [9.17, 15) is 20.0 Å². The van der Waals surface area contributed by atoms with Gasteiger partial charge in [0.2, 0.25) is 0 Å². The summed E-state index contributed by atoms with van der Waals surface area (Å²) in [5.74, 6) is 0.559. The molecule has 4 heterocycles. The fourth-order valence-corrected chi connectivity index (χ4v) is 4.82. The Bertz CT molecular complexity index is 1270. The normalized spacial score (nSPS) is 17.5. The van der Waals surface area contributed by atoms with Gasteiger partial charge in [-0.15, -0.1) is 11.3 Å². The standard InChI is InChI=1S/C21H22N8O3S/c1-27(20(31)32)13-2-6-28(7-3-13)18(30)15-10-16(26-21(12-22)4-5-21)25-17(24-15)14-11-23-29-8-9-33-19(14)29/h8-11,13H,2-7H2,1H3,(H,31,32)(H,24,25,26). The van der Waals surface area contributed by atoms with Gasteiger partial charge in [0.15, 0.2) is 5.82 Å². The van der Waals surface area contributed by atoms with Gasteiger partial charge in [0, 0.05) is 43.8 Å². The third-order valence-electron chi connectivity index (χ3n) is 6.25. The van der Waals surface area contributed by atoms with Crippen LogP contribution in [0, 0.1) is 11.3 Å². The number of carbonyl (C=O) groups excluding carboxylic acids is 1. The smallest absolute Gasteiger partial charge is 0.407 e. The van der Waals surface area contributed by atoms with Crippen molar-refractivity contribution in [2.75, 3.05) is 25.5 Å². The van der Waals surface area contributed by atoms with Crippen LogP contribution in [-0.4, -0.2) is 78.2 Å². The minimum Gasteiger partial charge on any atom is -0.465 e. The Kier molecular flexibility index (Phi) is 5.13. The van der Waals surface area contributed by atoms with Crippen molar-refractivity contribution in [2.45, 2.75) is 37.3 Å². The summed E-state index contributed by atoms with van der Waals surface area (Å²) >= 11 is 1.50. The molecule has 3 aromatic heterocycles. The second kappa shape index (κ2) is 8.00. The zero-order chi connectivity index (χ0) is 23.2. The number of hydrogen-bond donors (Lipinski definition) is 2. The van der Waals surface area contributed by atoms with Crippen LogP contribution in [0.5, 0.6) is 0 Å². The number of likely N-dealkylation sites (tertiary alicyclic amines) is 1. The Balaban J connectivity index is 1.44.